The standard InChI is InChI=1S/C18H18N6/c1-12-10-17-19-15(11-13(2)24(17)23-12)18-20-16(21-22-18)9-8-14-6-4-3-5-7-14/h3-7,10-11H,8-9H2,1-2H3,(H,20,21,22). The third-order valence-corrected chi connectivity index (χ3v) is 3.98. The Bertz CT molecular complexity index is 983. The van der Waals surface area contributed by atoms with Gasteiger partial charge in [-0.2, -0.15) is 10.2 Å². The maximum atomic E-state index is 4.61. The summed E-state index contributed by atoms with van der Waals surface area (Å²) < 4.78 is 1.84. The van der Waals surface area contributed by atoms with Crippen molar-refractivity contribution in [3.63, 3.8) is 0 Å². The van der Waals surface area contributed by atoms with Gasteiger partial charge in [0.2, 0.25) is 0 Å². The van der Waals surface area contributed by atoms with Crippen LogP contribution in [0.15, 0.2) is 42.5 Å². The molecular formula is C18H18N6. The molecule has 0 spiro atoms. The number of aromatic amines is 1. The second-order valence-electron chi connectivity index (χ2n) is 5.93. The average molecular weight is 318 g/mol. The lowest BCUT2D eigenvalue weighted by molar-refractivity contribution is 0.865. The van der Waals surface area contributed by atoms with E-state index in [1.807, 2.05) is 36.6 Å². The van der Waals surface area contributed by atoms with Crippen molar-refractivity contribution < 1.29 is 0 Å². The Morgan fingerprint density at radius 2 is 1.83 bits per heavy atom. The predicted molar refractivity (Wildman–Crippen MR) is 91.7 cm³/mol. The molecule has 0 unspecified atom stereocenters. The van der Waals surface area contributed by atoms with Crippen molar-refractivity contribution in [2.24, 2.45) is 0 Å². The van der Waals surface area contributed by atoms with Gasteiger partial charge >= 0.3 is 0 Å². The molecule has 1 aromatic carbocycles. The molecule has 6 nitrogen and oxygen atoms in total. The summed E-state index contributed by atoms with van der Waals surface area (Å²) in [5.74, 6) is 1.50. The maximum Gasteiger partial charge on any atom is 0.199 e. The molecular weight excluding hydrogens is 300 g/mol. The zero-order valence-corrected chi connectivity index (χ0v) is 13.7. The highest BCUT2D eigenvalue weighted by Crippen LogP contribution is 2.17. The van der Waals surface area contributed by atoms with Crippen LogP contribution in [0.4, 0.5) is 0 Å². The first kappa shape index (κ1) is 14.6. The summed E-state index contributed by atoms with van der Waals surface area (Å²) in [6.07, 6.45) is 1.76. The molecule has 4 rings (SSSR count). The molecule has 3 heterocycles. The van der Waals surface area contributed by atoms with Crippen molar-refractivity contribution in [2.75, 3.05) is 0 Å². The van der Waals surface area contributed by atoms with Gasteiger partial charge in [-0.1, -0.05) is 30.3 Å². The molecule has 0 atom stereocenters. The van der Waals surface area contributed by atoms with E-state index in [2.05, 4.69) is 49.5 Å². The SMILES string of the molecule is Cc1cc2nc(-c3n[nH]c(CCc4ccccc4)n3)cc(C)n2n1. The minimum absolute atomic E-state index is 0.627. The molecule has 1 N–H and O–H groups in total. The van der Waals surface area contributed by atoms with Crippen molar-refractivity contribution in [1.29, 1.82) is 0 Å². The highest BCUT2D eigenvalue weighted by molar-refractivity contribution is 5.55. The Hall–Kier alpha value is -3.02. The summed E-state index contributed by atoms with van der Waals surface area (Å²) in [4.78, 5) is 9.21. The van der Waals surface area contributed by atoms with Crippen molar-refractivity contribution in [3.05, 3.63) is 65.2 Å². The Balaban J connectivity index is 1.58. The first-order valence-corrected chi connectivity index (χ1v) is 7.98. The lowest BCUT2D eigenvalue weighted by Gasteiger charge is -2.01. The number of benzene rings is 1. The van der Waals surface area contributed by atoms with E-state index in [1.54, 1.807) is 0 Å². The number of hydrogen-bond acceptors (Lipinski definition) is 4. The van der Waals surface area contributed by atoms with E-state index >= 15 is 0 Å². The van der Waals surface area contributed by atoms with Crippen molar-refractivity contribution in [1.82, 2.24) is 29.8 Å². The number of hydrogen-bond donors (Lipinski definition) is 1. The molecule has 0 amide bonds. The summed E-state index contributed by atoms with van der Waals surface area (Å²) in [6.45, 7) is 3.97. The third-order valence-electron chi connectivity index (χ3n) is 3.98. The first-order chi connectivity index (χ1) is 11.7. The number of nitrogens with one attached hydrogen (secondary N) is 1. The lowest BCUT2D eigenvalue weighted by Crippen LogP contribution is -1.98. The second kappa shape index (κ2) is 5.88. The smallest absolute Gasteiger partial charge is 0.199 e. The fourth-order valence-corrected chi connectivity index (χ4v) is 2.78. The largest absolute Gasteiger partial charge is 0.263 e. The number of fused-ring (bicyclic) bond motifs is 1. The molecule has 24 heavy (non-hydrogen) atoms. The van der Waals surface area contributed by atoms with Gasteiger partial charge in [-0.25, -0.2) is 14.5 Å². The number of aromatic nitrogens is 6. The maximum absolute atomic E-state index is 4.61. The molecule has 0 saturated carbocycles. The van der Waals surface area contributed by atoms with Crippen LogP contribution in [0.3, 0.4) is 0 Å². The quantitative estimate of drug-likeness (QED) is 0.628. The normalized spacial score (nSPS) is 11.2. The van der Waals surface area contributed by atoms with Crippen LogP contribution < -0.4 is 0 Å². The number of nitrogens with zero attached hydrogens (tertiary/aromatic N) is 5. The summed E-state index contributed by atoms with van der Waals surface area (Å²) in [5.41, 5.74) is 4.83. The van der Waals surface area contributed by atoms with Crippen LogP contribution in [0.2, 0.25) is 0 Å². The van der Waals surface area contributed by atoms with Crippen molar-refractivity contribution >= 4 is 5.65 Å². The molecule has 0 fully saturated rings. The minimum Gasteiger partial charge on any atom is -0.263 e. The van der Waals surface area contributed by atoms with Crippen LogP contribution in [-0.4, -0.2) is 29.8 Å². The molecule has 0 saturated heterocycles. The van der Waals surface area contributed by atoms with Gasteiger partial charge in [0.1, 0.15) is 11.5 Å². The zero-order valence-electron chi connectivity index (χ0n) is 13.7. The zero-order chi connectivity index (χ0) is 16.5. The molecule has 0 aliphatic carbocycles. The van der Waals surface area contributed by atoms with Gasteiger partial charge in [0.05, 0.1) is 5.69 Å². The van der Waals surface area contributed by atoms with Crippen LogP contribution in [-0.2, 0) is 12.8 Å². The van der Waals surface area contributed by atoms with E-state index in [9.17, 15) is 0 Å². The number of aryl methyl sites for hydroxylation is 4. The Morgan fingerprint density at radius 3 is 2.67 bits per heavy atom. The highest BCUT2D eigenvalue weighted by atomic mass is 15.3. The van der Waals surface area contributed by atoms with Crippen LogP contribution in [0.1, 0.15) is 22.8 Å². The number of H-pyrrole nitrogens is 1. The average Bonchev–Trinajstić information content (AvgIpc) is 3.20. The molecule has 0 radical (unpaired) electrons. The van der Waals surface area contributed by atoms with E-state index < -0.39 is 0 Å². The molecule has 120 valence electrons. The summed E-state index contributed by atoms with van der Waals surface area (Å²) in [6, 6.07) is 14.3. The van der Waals surface area contributed by atoms with Gasteiger partial charge in [-0.3, -0.25) is 5.10 Å². The molecule has 0 bridgehead atoms. The van der Waals surface area contributed by atoms with Crippen molar-refractivity contribution in [3.8, 4) is 11.5 Å². The van der Waals surface area contributed by atoms with Crippen molar-refractivity contribution in [2.45, 2.75) is 26.7 Å². The van der Waals surface area contributed by atoms with E-state index in [4.69, 9.17) is 0 Å². The Morgan fingerprint density at radius 1 is 1.00 bits per heavy atom. The van der Waals surface area contributed by atoms with Gasteiger partial charge in [0, 0.05) is 18.2 Å². The third kappa shape index (κ3) is 2.78. The molecule has 0 aliphatic heterocycles. The lowest BCUT2D eigenvalue weighted by atomic mass is 10.1. The van der Waals surface area contributed by atoms with E-state index in [-0.39, 0.29) is 0 Å². The van der Waals surface area contributed by atoms with Crippen LogP contribution >= 0.6 is 0 Å². The van der Waals surface area contributed by atoms with Gasteiger partial charge in [0.25, 0.3) is 0 Å². The van der Waals surface area contributed by atoms with E-state index in [1.165, 1.54) is 5.56 Å². The van der Waals surface area contributed by atoms with Gasteiger partial charge in [-0.05, 0) is 31.9 Å². The fraction of sp³-hybridized carbons (Fsp3) is 0.222. The second-order valence-corrected chi connectivity index (χ2v) is 5.93. The number of rotatable bonds is 4. The molecule has 6 heteroatoms. The molecule has 4 aromatic rings. The minimum atomic E-state index is 0.627. The first-order valence-electron chi connectivity index (χ1n) is 7.98. The summed E-state index contributed by atoms with van der Waals surface area (Å²) >= 11 is 0. The van der Waals surface area contributed by atoms with E-state index in [0.717, 1.165) is 41.4 Å². The van der Waals surface area contributed by atoms with Gasteiger partial charge in [0.15, 0.2) is 11.5 Å². The van der Waals surface area contributed by atoms with Crippen LogP contribution in [0, 0.1) is 13.8 Å². The Kier molecular flexibility index (Phi) is 3.57. The Labute approximate surface area is 139 Å². The summed E-state index contributed by atoms with van der Waals surface area (Å²) in [5, 5.41) is 11.8. The summed E-state index contributed by atoms with van der Waals surface area (Å²) in [7, 11) is 0. The van der Waals surface area contributed by atoms with Gasteiger partial charge < -0.3 is 0 Å². The van der Waals surface area contributed by atoms with Gasteiger partial charge in [-0.15, -0.1) is 0 Å². The molecule has 0 aliphatic rings. The topological polar surface area (TPSA) is 71.8 Å². The predicted octanol–water partition coefficient (Wildman–Crippen LogP) is 2.92. The highest BCUT2D eigenvalue weighted by Gasteiger charge is 2.11. The van der Waals surface area contributed by atoms with Crippen LogP contribution in [0.5, 0.6) is 0 Å². The fourth-order valence-electron chi connectivity index (χ4n) is 2.78. The monoisotopic (exact) mass is 318 g/mol. The van der Waals surface area contributed by atoms with E-state index in [0.29, 0.717) is 5.82 Å². The van der Waals surface area contributed by atoms with Crippen LogP contribution in [0.25, 0.3) is 17.2 Å². The molecule has 3 aromatic heterocycles.